The summed E-state index contributed by atoms with van der Waals surface area (Å²) in [6.07, 6.45) is 0. The Bertz CT molecular complexity index is 424. The van der Waals surface area contributed by atoms with E-state index in [-0.39, 0.29) is 5.91 Å². The molecule has 1 aliphatic rings. The quantitative estimate of drug-likeness (QED) is 0.811. The number of benzene rings is 1. The Morgan fingerprint density at radius 1 is 1.15 bits per heavy atom. The summed E-state index contributed by atoms with van der Waals surface area (Å²) in [7, 11) is 3.93. The summed E-state index contributed by atoms with van der Waals surface area (Å²) < 4.78 is 0. The van der Waals surface area contributed by atoms with Crippen molar-refractivity contribution in [1.82, 2.24) is 15.5 Å². The van der Waals surface area contributed by atoms with Crippen molar-refractivity contribution in [2.75, 3.05) is 51.7 Å². The van der Waals surface area contributed by atoms with Crippen LogP contribution in [0.15, 0.2) is 24.3 Å². The average Bonchev–Trinajstić information content (AvgIpc) is 2.47. The van der Waals surface area contributed by atoms with Gasteiger partial charge in [-0.25, -0.2) is 0 Å². The highest BCUT2D eigenvalue weighted by Gasteiger charge is 2.13. The lowest BCUT2D eigenvalue weighted by molar-refractivity contribution is -0.120. The van der Waals surface area contributed by atoms with Crippen LogP contribution in [0.2, 0.25) is 0 Å². The summed E-state index contributed by atoms with van der Waals surface area (Å²) in [6.45, 7) is 5.33. The van der Waals surface area contributed by atoms with Gasteiger partial charge in [0.2, 0.25) is 5.91 Å². The number of piperazine rings is 1. The van der Waals surface area contributed by atoms with E-state index in [1.807, 2.05) is 0 Å². The molecule has 0 radical (unpaired) electrons. The molecule has 2 N–H and O–H groups in total. The Labute approximate surface area is 120 Å². The molecule has 1 aliphatic heterocycles. The van der Waals surface area contributed by atoms with Gasteiger partial charge in [0.15, 0.2) is 0 Å². The highest BCUT2D eigenvalue weighted by Crippen LogP contribution is 2.16. The van der Waals surface area contributed by atoms with Crippen LogP contribution >= 0.6 is 0 Å². The molecular formula is C15H24N4O. The van der Waals surface area contributed by atoms with Crippen LogP contribution < -0.4 is 15.5 Å². The second-order valence-corrected chi connectivity index (χ2v) is 5.26. The second-order valence-electron chi connectivity index (χ2n) is 5.26. The number of nitrogens with one attached hydrogen (secondary N) is 2. The molecule has 5 nitrogen and oxygen atoms in total. The molecule has 0 spiro atoms. The summed E-state index contributed by atoms with van der Waals surface area (Å²) in [5.74, 6) is 0.0237. The summed E-state index contributed by atoms with van der Waals surface area (Å²) in [5, 5.41) is 5.72. The third-order valence-corrected chi connectivity index (χ3v) is 3.63. The number of rotatable bonds is 5. The van der Waals surface area contributed by atoms with Crippen LogP contribution in [0, 0.1) is 0 Å². The fourth-order valence-corrected chi connectivity index (χ4v) is 2.31. The van der Waals surface area contributed by atoms with E-state index in [0.717, 1.165) is 31.7 Å². The summed E-state index contributed by atoms with van der Waals surface area (Å²) in [5.41, 5.74) is 2.40. The molecule has 1 aromatic carbocycles. The zero-order valence-corrected chi connectivity index (χ0v) is 12.4. The van der Waals surface area contributed by atoms with Crippen LogP contribution in [0.1, 0.15) is 5.56 Å². The van der Waals surface area contributed by atoms with Crippen molar-refractivity contribution >= 4 is 11.6 Å². The normalized spacial score (nSPS) is 16.2. The minimum absolute atomic E-state index is 0.0237. The zero-order valence-electron chi connectivity index (χ0n) is 12.4. The van der Waals surface area contributed by atoms with E-state index in [0.29, 0.717) is 13.1 Å². The van der Waals surface area contributed by atoms with E-state index >= 15 is 0 Å². The van der Waals surface area contributed by atoms with Gasteiger partial charge in [-0.3, -0.25) is 4.79 Å². The van der Waals surface area contributed by atoms with Crippen molar-refractivity contribution in [3.63, 3.8) is 0 Å². The van der Waals surface area contributed by atoms with Gasteiger partial charge in [-0.05, 0) is 31.8 Å². The molecular weight excluding hydrogens is 252 g/mol. The fourth-order valence-electron chi connectivity index (χ4n) is 2.31. The average molecular weight is 276 g/mol. The van der Waals surface area contributed by atoms with Crippen LogP contribution in [0.4, 0.5) is 5.69 Å². The van der Waals surface area contributed by atoms with E-state index in [1.54, 1.807) is 7.05 Å². The van der Waals surface area contributed by atoms with Gasteiger partial charge in [0.1, 0.15) is 0 Å². The molecule has 1 amide bonds. The molecule has 0 saturated carbocycles. The summed E-state index contributed by atoms with van der Waals surface area (Å²) >= 11 is 0. The van der Waals surface area contributed by atoms with Crippen LogP contribution in [0.25, 0.3) is 0 Å². The fraction of sp³-hybridized carbons (Fsp3) is 0.533. The lowest BCUT2D eigenvalue weighted by atomic mass is 10.2. The second kappa shape index (κ2) is 7.26. The van der Waals surface area contributed by atoms with Crippen LogP contribution in [0.5, 0.6) is 0 Å². The Morgan fingerprint density at radius 2 is 1.80 bits per heavy atom. The van der Waals surface area contributed by atoms with Crippen molar-refractivity contribution < 1.29 is 4.79 Å². The van der Waals surface area contributed by atoms with Gasteiger partial charge in [0, 0.05) is 38.4 Å². The van der Waals surface area contributed by atoms with Gasteiger partial charge in [-0.1, -0.05) is 12.1 Å². The van der Waals surface area contributed by atoms with E-state index in [4.69, 9.17) is 0 Å². The van der Waals surface area contributed by atoms with E-state index in [1.165, 1.54) is 5.69 Å². The molecule has 0 unspecified atom stereocenters. The molecule has 0 aliphatic carbocycles. The maximum Gasteiger partial charge on any atom is 0.234 e. The van der Waals surface area contributed by atoms with Crippen molar-refractivity contribution in [2.24, 2.45) is 0 Å². The first-order valence-corrected chi connectivity index (χ1v) is 7.13. The lowest BCUT2D eigenvalue weighted by Crippen LogP contribution is -2.44. The number of likely N-dealkylation sites (N-methyl/N-ethyl adjacent to an activating group) is 2. The SMILES string of the molecule is CNCC(=O)NCc1ccc(N2CCN(C)CC2)cc1. The van der Waals surface area contributed by atoms with Crippen LogP contribution in [-0.4, -0.2) is 57.6 Å². The van der Waals surface area contributed by atoms with Gasteiger partial charge in [-0.15, -0.1) is 0 Å². The third-order valence-electron chi connectivity index (χ3n) is 3.63. The van der Waals surface area contributed by atoms with Crippen LogP contribution in [-0.2, 0) is 11.3 Å². The predicted molar refractivity (Wildman–Crippen MR) is 81.9 cm³/mol. The molecule has 1 saturated heterocycles. The molecule has 1 fully saturated rings. The Kier molecular flexibility index (Phi) is 5.38. The Morgan fingerprint density at radius 3 is 2.40 bits per heavy atom. The number of carbonyl (C=O) groups excluding carboxylic acids is 1. The van der Waals surface area contributed by atoms with E-state index in [2.05, 4.69) is 51.7 Å². The number of anilines is 1. The molecule has 2 rings (SSSR count). The summed E-state index contributed by atoms with van der Waals surface area (Å²) in [4.78, 5) is 16.1. The molecule has 1 heterocycles. The van der Waals surface area contributed by atoms with Gasteiger partial charge in [0.05, 0.1) is 6.54 Å². The number of hydrogen-bond acceptors (Lipinski definition) is 4. The van der Waals surface area contributed by atoms with Crippen LogP contribution in [0.3, 0.4) is 0 Å². The largest absolute Gasteiger partial charge is 0.369 e. The zero-order chi connectivity index (χ0) is 14.4. The first-order valence-electron chi connectivity index (χ1n) is 7.13. The van der Waals surface area contributed by atoms with Gasteiger partial charge in [-0.2, -0.15) is 0 Å². The monoisotopic (exact) mass is 276 g/mol. The van der Waals surface area contributed by atoms with Crippen molar-refractivity contribution in [3.05, 3.63) is 29.8 Å². The van der Waals surface area contributed by atoms with Gasteiger partial charge >= 0.3 is 0 Å². The first-order chi connectivity index (χ1) is 9.69. The standard InChI is InChI=1S/C15H24N4O/c1-16-12-15(20)17-11-13-3-5-14(6-4-13)19-9-7-18(2)8-10-19/h3-6,16H,7-12H2,1-2H3,(H,17,20). The minimum atomic E-state index is 0.0237. The Balaban J connectivity index is 1.85. The molecule has 0 aromatic heterocycles. The highest BCUT2D eigenvalue weighted by molar-refractivity contribution is 5.77. The topological polar surface area (TPSA) is 47.6 Å². The number of nitrogens with zero attached hydrogens (tertiary/aromatic N) is 2. The lowest BCUT2D eigenvalue weighted by Gasteiger charge is -2.34. The molecule has 20 heavy (non-hydrogen) atoms. The van der Waals surface area contributed by atoms with Crippen molar-refractivity contribution in [1.29, 1.82) is 0 Å². The number of hydrogen-bond donors (Lipinski definition) is 2. The van der Waals surface area contributed by atoms with Gasteiger partial charge < -0.3 is 20.4 Å². The molecule has 110 valence electrons. The smallest absolute Gasteiger partial charge is 0.234 e. The summed E-state index contributed by atoms with van der Waals surface area (Å²) in [6, 6.07) is 8.47. The number of carbonyl (C=O) groups is 1. The van der Waals surface area contributed by atoms with E-state index < -0.39 is 0 Å². The van der Waals surface area contributed by atoms with E-state index in [9.17, 15) is 4.79 Å². The molecule has 0 bridgehead atoms. The highest BCUT2D eigenvalue weighted by atomic mass is 16.1. The first kappa shape index (κ1) is 14.8. The maximum absolute atomic E-state index is 11.4. The molecule has 1 aromatic rings. The Hall–Kier alpha value is -1.59. The molecule has 0 atom stereocenters. The number of amides is 1. The molecule has 5 heteroatoms. The predicted octanol–water partition coefficient (Wildman–Crippen LogP) is 0.274. The van der Waals surface area contributed by atoms with Crippen molar-refractivity contribution in [2.45, 2.75) is 6.54 Å². The maximum atomic E-state index is 11.4. The van der Waals surface area contributed by atoms with Gasteiger partial charge in [0.25, 0.3) is 0 Å². The minimum Gasteiger partial charge on any atom is -0.369 e. The van der Waals surface area contributed by atoms with Crippen molar-refractivity contribution in [3.8, 4) is 0 Å². The third kappa shape index (κ3) is 4.21.